The average molecular weight is 345 g/mol. The van der Waals surface area contributed by atoms with E-state index in [9.17, 15) is 14.3 Å². The van der Waals surface area contributed by atoms with Crippen LogP contribution >= 0.6 is 0 Å². The number of aliphatic hydroxyl groups excluding tert-OH is 1. The Labute approximate surface area is 146 Å². The van der Waals surface area contributed by atoms with E-state index in [0.717, 1.165) is 37.4 Å². The third-order valence-electron chi connectivity index (χ3n) is 4.74. The molecule has 0 radical (unpaired) electrons. The zero-order chi connectivity index (χ0) is 17.8. The topological polar surface area (TPSA) is 58.4 Å². The lowest BCUT2D eigenvalue weighted by atomic mass is 9.99. The first-order chi connectivity index (χ1) is 12.0. The number of aliphatic hydroxyl groups is 1. The van der Waals surface area contributed by atoms with Crippen LogP contribution in [0.5, 0.6) is 0 Å². The maximum absolute atomic E-state index is 13.1. The van der Waals surface area contributed by atoms with E-state index in [4.69, 9.17) is 0 Å². The van der Waals surface area contributed by atoms with Crippen LogP contribution in [0.2, 0.25) is 0 Å². The molecule has 1 unspecified atom stereocenters. The molecule has 0 aliphatic carbocycles. The fraction of sp³-hybridized carbons (Fsp3) is 0.474. The molecule has 1 aromatic heterocycles. The molecule has 0 saturated carbocycles. The van der Waals surface area contributed by atoms with Crippen LogP contribution in [0, 0.1) is 11.7 Å². The van der Waals surface area contributed by atoms with Gasteiger partial charge in [0.2, 0.25) is 0 Å². The van der Waals surface area contributed by atoms with E-state index in [1.54, 1.807) is 18.2 Å². The Hall–Kier alpha value is -2.05. The van der Waals surface area contributed by atoms with Gasteiger partial charge in [-0.2, -0.15) is 5.10 Å². The van der Waals surface area contributed by atoms with E-state index in [-0.39, 0.29) is 17.9 Å². The summed E-state index contributed by atoms with van der Waals surface area (Å²) in [6.07, 6.45) is 1.64. The quantitative estimate of drug-likeness (QED) is 0.902. The standard InChI is InChI=1S/C19H24FN3O2/c1-14-8-10-22(11-9-14)12-17(24)13-23-19(25)7-6-18(21-23)15-2-4-16(20)5-3-15/h2-7,14,17,24H,8-13H2,1H3. The van der Waals surface area contributed by atoms with Crippen LogP contribution in [-0.4, -0.2) is 45.5 Å². The fourth-order valence-corrected chi connectivity index (χ4v) is 3.15. The normalized spacial score (nSPS) is 17.6. The summed E-state index contributed by atoms with van der Waals surface area (Å²) >= 11 is 0. The van der Waals surface area contributed by atoms with E-state index >= 15 is 0 Å². The number of hydrogen-bond acceptors (Lipinski definition) is 4. The van der Waals surface area contributed by atoms with Crippen molar-refractivity contribution >= 4 is 0 Å². The van der Waals surface area contributed by atoms with E-state index in [1.807, 2.05) is 0 Å². The molecular formula is C19H24FN3O2. The molecule has 1 saturated heterocycles. The Morgan fingerprint density at radius 1 is 1.16 bits per heavy atom. The Bertz CT molecular complexity index is 752. The number of rotatable bonds is 5. The van der Waals surface area contributed by atoms with Crippen molar-refractivity contribution in [3.63, 3.8) is 0 Å². The summed E-state index contributed by atoms with van der Waals surface area (Å²) < 4.78 is 14.3. The first-order valence-corrected chi connectivity index (χ1v) is 8.76. The van der Waals surface area contributed by atoms with Crippen molar-refractivity contribution in [2.45, 2.75) is 32.4 Å². The highest BCUT2D eigenvalue weighted by atomic mass is 19.1. The summed E-state index contributed by atoms with van der Waals surface area (Å²) in [4.78, 5) is 14.3. The largest absolute Gasteiger partial charge is 0.390 e. The maximum atomic E-state index is 13.1. The van der Waals surface area contributed by atoms with Crippen molar-refractivity contribution in [2.75, 3.05) is 19.6 Å². The molecule has 1 aliphatic rings. The van der Waals surface area contributed by atoms with Gasteiger partial charge in [-0.1, -0.05) is 6.92 Å². The van der Waals surface area contributed by atoms with Crippen molar-refractivity contribution in [3.05, 3.63) is 52.6 Å². The second kappa shape index (κ2) is 7.89. The summed E-state index contributed by atoms with van der Waals surface area (Å²) in [6.45, 7) is 4.91. The van der Waals surface area contributed by atoms with Gasteiger partial charge in [0.05, 0.1) is 18.3 Å². The lowest BCUT2D eigenvalue weighted by molar-refractivity contribution is 0.0767. The summed E-state index contributed by atoms with van der Waals surface area (Å²) in [5, 5.41) is 14.7. The molecule has 1 fully saturated rings. The molecule has 1 aliphatic heterocycles. The molecule has 0 bridgehead atoms. The summed E-state index contributed by atoms with van der Waals surface area (Å²) in [5.74, 6) is 0.424. The molecule has 2 heterocycles. The summed E-state index contributed by atoms with van der Waals surface area (Å²) in [7, 11) is 0. The Morgan fingerprint density at radius 2 is 1.84 bits per heavy atom. The molecule has 0 spiro atoms. The van der Waals surface area contributed by atoms with Gasteiger partial charge in [-0.05, 0) is 62.2 Å². The minimum Gasteiger partial charge on any atom is -0.390 e. The van der Waals surface area contributed by atoms with Crippen LogP contribution in [0.1, 0.15) is 19.8 Å². The predicted molar refractivity (Wildman–Crippen MR) is 94.7 cm³/mol. The van der Waals surface area contributed by atoms with Crippen LogP contribution in [0.3, 0.4) is 0 Å². The minimum absolute atomic E-state index is 0.153. The highest BCUT2D eigenvalue weighted by Gasteiger charge is 2.19. The van der Waals surface area contributed by atoms with Gasteiger partial charge in [0.1, 0.15) is 5.82 Å². The molecule has 1 N–H and O–H groups in total. The van der Waals surface area contributed by atoms with E-state index in [1.165, 1.54) is 22.9 Å². The van der Waals surface area contributed by atoms with E-state index < -0.39 is 6.10 Å². The Morgan fingerprint density at radius 3 is 2.52 bits per heavy atom. The zero-order valence-corrected chi connectivity index (χ0v) is 14.4. The number of nitrogens with zero attached hydrogens (tertiary/aromatic N) is 3. The highest BCUT2D eigenvalue weighted by Crippen LogP contribution is 2.17. The molecule has 5 nitrogen and oxygen atoms in total. The predicted octanol–water partition coefficient (Wildman–Crippen LogP) is 2.14. The van der Waals surface area contributed by atoms with Crippen LogP contribution in [0.25, 0.3) is 11.3 Å². The average Bonchev–Trinajstić information content (AvgIpc) is 2.60. The number of aromatic nitrogens is 2. The molecule has 3 rings (SSSR count). The maximum Gasteiger partial charge on any atom is 0.266 e. The summed E-state index contributed by atoms with van der Waals surface area (Å²) in [5.41, 5.74) is 1.06. The van der Waals surface area contributed by atoms with Gasteiger partial charge in [-0.15, -0.1) is 0 Å². The number of β-amino-alcohol motifs (C(OH)–C–C–N with tert-alkyl or cyclic N) is 1. The van der Waals surface area contributed by atoms with Gasteiger partial charge in [-0.25, -0.2) is 9.07 Å². The van der Waals surface area contributed by atoms with Crippen molar-refractivity contribution < 1.29 is 9.50 Å². The molecule has 2 aromatic rings. The number of halogens is 1. The lowest BCUT2D eigenvalue weighted by Gasteiger charge is -2.31. The monoisotopic (exact) mass is 345 g/mol. The number of benzene rings is 1. The highest BCUT2D eigenvalue weighted by molar-refractivity contribution is 5.57. The van der Waals surface area contributed by atoms with Gasteiger partial charge < -0.3 is 10.0 Å². The van der Waals surface area contributed by atoms with Crippen LogP contribution in [0.4, 0.5) is 4.39 Å². The van der Waals surface area contributed by atoms with Crippen LogP contribution in [-0.2, 0) is 6.54 Å². The minimum atomic E-state index is -0.651. The fourth-order valence-electron chi connectivity index (χ4n) is 3.15. The smallest absolute Gasteiger partial charge is 0.266 e. The van der Waals surface area contributed by atoms with Crippen molar-refractivity contribution in [2.24, 2.45) is 5.92 Å². The molecular weight excluding hydrogens is 321 g/mol. The Balaban J connectivity index is 1.68. The number of piperidine rings is 1. The molecule has 134 valence electrons. The summed E-state index contributed by atoms with van der Waals surface area (Å²) in [6, 6.07) is 9.01. The molecule has 6 heteroatoms. The lowest BCUT2D eigenvalue weighted by Crippen LogP contribution is -2.41. The van der Waals surface area contributed by atoms with Gasteiger partial charge in [0.25, 0.3) is 5.56 Å². The number of hydrogen-bond donors (Lipinski definition) is 1. The SMILES string of the molecule is CC1CCN(CC(O)Cn2nc(-c3ccc(F)cc3)ccc2=O)CC1. The van der Waals surface area contributed by atoms with Gasteiger partial charge in [-0.3, -0.25) is 4.79 Å². The van der Waals surface area contributed by atoms with Gasteiger partial charge in [0.15, 0.2) is 0 Å². The second-order valence-corrected chi connectivity index (χ2v) is 6.88. The molecule has 25 heavy (non-hydrogen) atoms. The first kappa shape index (κ1) is 17.8. The van der Waals surface area contributed by atoms with Crippen molar-refractivity contribution in [1.29, 1.82) is 0 Å². The molecule has 1 aromatic carbocycles. The third kappa shape index (κ3) is 4.74. The number of likely N-dealkylation sites (tertiary alicyclic amines) is 1. The third-order valence-corrected chi connectivity index (χ3v) is 4.74. The van der Waals surface area contributed by atoms with Gasteiger partial charge >= 0.3 is 0 Å². The van der Waals surface area contributed by atoms with E-state index in [0.29, 0.717) is 12.2 Å². The first-order valence-electron chi connectivity index (χ1n) is 8.76. The van der Waals surface area contributed by atoms with E-state index in [2.05, 4.69) is 16.9 Å². The zero-order valence-electron chi connectivity index (χ0n) is 14.4. The van der Waals surface area contributed by atoms with Gasteiger partial charge in [0, 0.05) is 18.2 Å². The van der Waals surface area contributed by atoms with Crippen molar-refractivity contribution in [1.82, 2.24) is 14.7 Å². The molecule has 1 atom stereocenters. The second-order valence-electron chi connectivity index (χ2n) is 6.88. The Kier molecular flexibility index (Phi) is 5.60. The van der Waals surface area contributed by atoms with Crippen LogP contribution in [0.15, 0.2) is 41.2 Å². The molecule has 0 amide bonds. The van der Waals surface area contributed by atoms with Crippen molar-refractivity contribution in [3.8, 4) is 11.3 Å². The van der Waals surface area contributed by atoms with Crippen LogP contribution < -0.4 is 5.56 Å².